The van der Waals surface area contributed by atoms with Gasteiger partial charge in [-0.3, -0.25) is 0 Å². The van der Waals surface area contributed by atoms with Crippen LogP contribution >= 0.6 is 0 Å². The van der Waals surface area contributed by atoms with Crippen LogP contribution in [0.25, 0.3) is 0 Å². The molecule has 0 heterocycles. The summed E-state index contributed by atoms with van der Waals surface area (Å²) in [5.41, 5.74) is 0. The summed E-state index contributed by atoms with van der Waals surface area (Å²) < 4.78 is 0. The van der Waals surface area contributed by atoms with Crippen molar-refractivity contribution in [2.45, 2.75) is 39.9 Å². The molecule has 0 rings (SSSR count). The fourth-order valence-corrected chi connectivity index (χ4v) is 1.87. The third-order valence-electron chi connectivity index (χ3n) is 3.65. The molecule has 0 amide bonds. The van der Waals surface area contributed by atoms with Crippen molar-refractivity contribution in [3.05, 3.63) is 0 Å². The highest BCUT2D eigenvalue weighted by Gasteiger charge is 2.31. The van der Waals surface area contributed by atoms with Crippen LogP contribution in [0.4, 0.5) is 0 Å². The average Bonchev–Trinajstić information content (AvgIpc) is 2.32. The van der Waals surface area contributed by atoms with E-state index in [1.54, 1.807) is 13.8 Å². The van der Waals surface area contributed by atoms with Gasteiger partial charge in [0.2, 0.25) is 0 Å². The molecule has 4 N–H and O–H groups in total. The summed E-state index contributed by atoms with van der Waals surface area (Å²) in [6.45, 7) is 7.13. The Morgan fingerprint density at radius 2 is 0.938 bits per heavy atom. The number of hydrogen-bond donors (Lipinski definition) is 4. The maximum Gasteiger partial charge on any atom is 0.0616 e. The van der Waals surface area contributed by atoms with Crippen LogP contribution in [0.5, 0.6) is 0 Å². The van der Waals surface area contributed by atoms with Crippen molar-refractivity contribution >= 4 is 0 Å². The maximum absolute atomic E-state index is 9.93. The quantitative estimate of drug-likeness (QED) is 0.508. The van der Waals surface area contributed by atoms with Crippen molar-refractivity contribution in [3.8, 4) is 0 Å². The van der Waals surface area contributed by atoms with Crippen molar-refractivity contribution in [1.82, 2.24) is 0 Å². The third kappa shape index (κ3) is 4.01. The minimum atomic E-state index is -0.638. The lowest BCUT2D eigenvalue weighted by molar-refractivity contribution is -0.0376. The lowest BCUT2D eigenvalue weighted by Crippen LogP contribution is -2.39. The van der Waals surface area contributed by atoms with Crippen LogP contribution < -0.4 is 0 Å². The van der Waals surface area contributed by atoms with E-state index in [0.29, 0.717) is 0 Å². The standard InChI is InChI=1S/C12H26O4/c1-7(5-13)11(15)9(3)10(4)12(16)8(2)6-14/h7-16H,5-6H2,1-4H3/t7-,8+,9-,10+,11-,12+. The molecule has 0 bridgehead atoms. The van der Waals surface area contributed by atoms with E-state index in [1.807, 2.05) is 13.8 Å². The average molecular weight is 234 g/mol. The van der Waals surface area contributed by atoms with Gasteiger partial charge in [0.15, 0.2) is 0 Å². The monoisotopic (exact) mass is 234 g/mol. The zero-order chi connectivity index (χ0) is 12.9. The molecule has 0 aromatic carbocycles. The second-order valence-electron chi connectivity index (χ2n) is 5.02. The van der Waals surface area contributed by atoms with Gasteiger partial charge in [0.1, 0.15) is 0 Å². The predicted molar refractivity (Wildman–Crippen MR) is 62.8 cm³/mol. The molecule has 0 aliphatic rings. The van der Waals surface area contributed by atoms with Crippen LogP contribution in [0.2, 0.25) is 0 Å². The lowest BCUT2D eigenvalue weighted by atomic mass is 9.79. The van der Waals surface area contributed by atoms with Crippen LogP contribution in [-0.4, -0.2) is 45.8 Å². The topological polar surface area (TPSA) is 80.9 Å². The SMILES string of the molecule is C[C@H]([C@H](C)[C@@H](O)[C@@H](C)CO)[C@H](O)[C@H](C)CO. The van der Waals surface area contributed by atoms with Gasteiger partial charge in [-0.15, -0.1) is 0 Å². The number of rotatable bonds is 7. The van der Waals surface area contributed by atoms with Crippen LogP contribution in [0.15, 0.2) is 0 Å². The highest BCUT2D eigenvalue weighted by atomic mass is 16.3. The van der Waals surface area contributed by atoms with Gasteiger partial charge in [0, 0.05) is 25.0 Å². The second-order valence-corrected chi connectivity index (χ2v) is 5.02. The molecular weight excluding hydrogens is 208 g/mol. The number of hydrogen-bond acceptors (Lipinski definition) is 4. The van der Waals surface area contributed by atoms with E-state index in [0.717, 1.165) is 0 Å². The summed E-state index contributed by atoms with van der Waals surface area (Å²) in [4.78, 5) is 0. The first-order valence-electron chi connectivity index (χ1n) is 5.94. The molecule has 0 radical (unpaired) electrons. The molecular formula is C12H26O4. The Labute approximate surface area is 97.9 Å². The molecule has 0 saturated carbocycles. The van der Waals surface area contributed by atoms with Crippen LogP contribution in [-0.2, 0) is 0 Å². The first kappa shape index (κ1) is 15.8. The summed E-state index contributed by atoms with van der Waals surface area (Å²) in [6, 6.07) is 0. The van der Waals surface area contributed by atoms with Crippen molar-refractivity contribution in [1.29, 1.82) is 0 Å². The molecule has 0 spiro atoms. The van der Waals surface area contributed by atoms with Gasteiger partial charge in [-0.1, -0.05) is 27.7 Å². The fourth-order valence-electron chi connectivity index (χ4n) is 1.87. The zero-order valence-corrected chi connectivity index (χ0v) is 10.7. The van der Waals surface area contributed by atoms with Gasteiger partial charge in [-0.25, -0.2) is 0 Å². The van der Waals surface area contributed by atoms with Gasteiger partial charge in [-0.2, -0.15) is 0 Å². The largest absolute Gasteiger partial charge is 0.396 e. The van der Waals surface area contributed by atoms with Crippen molar-refractivity contribution in [3.63, 3.8) is 0 Å². The van der Waals surface area contributed by atoms with E-state index in [2.05, 4.69) is 0 Å². The summed E-state index contributed by atoms with van der Waals surface area (Å²) in [5.74, 6) is -0.638. The highest BCUT2D eigenvalue weighted by molar-refractivity contribution is 4.80. The van der Waals surface area contributed by atoms with Crippen LogP contribution in [0.1, 0.15) is 27.7 Å². The molecule has 4 nitrogen and oxygen atoms in total. The Morgan fingerprint density at radius 3 is 1.12 bits per heavy atom. The second kappa shape index (κ2) is 7.22. The normalized spacial score (nSPS) is 23.2. The lowest BCUT2D eigenvalue weighted by Gasteiger charge is -2.33. The Bertz CT molecular complexity index is 166. The number of aliphatic hydroxyl groups is 4. The van der Waals surface area contributed by atoms with Crippen LogP contribution in [0, 0.1) is 23.7 Å². The summed E-state index contributed by atoms with van der Waals surface area (Å²) in [7, 11) is 0. The van der Waals surface area contributed by atoms with Crippen molar-refractivity contribution in [2.75, 3.05) is 13.2 Å². The summed E-state index contributed by atoms with van der Waals surface area (Å²) >= 11 is 0. The molecule has 0 aliphatic carbocycles. The Hall–Kier alpha value is -0.160. The minimum absolute atomic E-state index is 0.0656. The van der Waals surface area contributed by atoms with Gasteiger partial charge in [0.25, 0.3) is 0 Å². The van der Waals surface area contributed by atoms with Crippen LogP contribution in [0.3, 0.4) is 0 Å². The van der Waals surface area contributed by atoms with Crippen molar-refractivity contribution < 1.29 is 20.4 Å². The van der Waals surface area contributed by atoms with Gasteiger partial charge in [0.05, 0.1) is 12.2 Å². The Kier molecular flexibility index (Phi) is 7.15. The Balaban J connectivity index is 4.41. The smallest absolute Gasteiger partial charge is 0.0616 e. The molecule has 0 saturated heterocycles. The van der Waals surface area contributed by atoms with Gasteiger partial charge >= 0.3 is 0 Å². The molecule has 0 aromatic heterocycles. The summed E-state index contributed by atoms with van der Waals surface area (Å²) in [6.07, 6.45) is -1.28. The predicted octanol–water partition coefficient (Wildman–Crippen LogP) is 0.237. The molecule has 16 heavy (non-hydrogen) atoms. The molecule has 0 fully saturated rings. The van der Waals surface area contributed by atoms with E-state index >= 15 is 0 Å². The van der Waals surface area contributed by atoms with E-state index < -0.39 is 12.2 Å². The maximum atomic E-state index is 9.93. The van der Waals surface area contributed by atoms with Gasteiger partial charge in [-0.05, 0) is 11.8 Å². The number of aliphatic hydroxyl groups excluding tert-OH is 4. The molecule has 6 atom stereocenters. The summed E-state index contributed by atoms with van der Waals surface area (Å²) in [5, 5.41) is 37.8. The highest BCUT2D eigenvalue weighted by Crippen LogP contribution is 2.26. The van der Waals surface area contributed by atoms with E-state index in [4.69, 9.17) is 10.2 Å². The van der Waals surface area contributed by atoms with Gasteiger partial charge < -0.3 is 20.4 Å². The molecule has 0 unspecified atom stereocenters. The van der Waals surface area contributed by atoms with E-state index in [-0.39, 0.29) is 36.9 Å². The van der Waals surface area contributed by atoms with E-state index in [1.165, 1.54) is 0 Å². The van der Waals surface area contributed by atoms with Crippen molar-refractivity contribution in [2.24, 2.45) is 23.7 Å². The third-order valence-corrected chi connectivity index (χ3v) is 3.65. The molecule has 98 valence electrons. The first-order chi connectivity index (χ1) is 7.36. The molecule has 0 aromatic rings. The molecule has 4 heteroatoms. The fraction of sp³-hybridized carbons (Fsp3) is 1.00. The first-order valence-corrected chi connectivity index (χ1v) is 5.94. The Morgan fingerprint density at radius 1 is 0.688 bits per heavy atom. The minimum Gasteiger partial charge on any atom is -0.396 e. The van der Waals surface area contributed by atoms with E-state index in [9.17, 15) is 10.2 Å². The zero-order valence-electron chi connectivity index (χ0n) is 10.7. The molecule has 0 aliphatic heterocycles.